The summed E-state index contributed by atoms with van der Waals surface area (Å²) in [6.45, 7) is 9.36. The molecule has 116 valence electrons. The Balaban J connectivity index is 2.58. The number of piperazine rings is 1. The molecule has 0 radical (unpaired) electrons. The summed E-state index contributed by atoms with van der Waals surface area (Å²) in [5.41, 5.74) is 0.678. The second-order valence-electron chi connectivity index (χ2n) is 6.47. The molecule has 6 nitrogen and oxygen atoms in total. The Morgan fingerprint density at radius 1 is 1.38 bits per heavy atom. The number of anilines is 1. The average molecular weight is 292 g/mol. The van der Waals surface area contributed by atoms with E-state index in [1.807, 2.05) is 34.0 Å². The van der Waals surface area contributed by atoms with Gasteiger partial charge in [-0.05, 0) is 26.2 Å². The molecule has 1 saturated heterocycles. The molecule has 1 aromatic heterocycles. The van der Waals surface area contributed by atoms with E-state index in [-0.39, 0.29) is 17.7 Å². The number of amides is 2. The predicted octanol–water partition coefficient (Wildman–Crippen LogP) is 1.25. The van der Waals surface area contributed by atoms with Gasteiger partial charge in [0, 0.05) is 13.2 Å². The molecule has 6 heteroatoms. The van der Waals surface area contributed by atoms with Crippen LogP contribution in [0.5, 0.6) is 0 Å². The maximum Gasteiger partial charge on any atom is 0.253 e. The summed E-state index contributed by atoms with van der Waals surface area (Å²) in [6.07, 6.45) is 2.54. The van der Waals surface area contributed by atoms with E-state index in [4.69, 9.17) is 0 Å². The highest BCUT2D eigenvalue weighted by molar-refractivity contribution is 6.10. The van der Waals surface area contributed by atoms with Crippen molar-refractivity contribution in [2.75, 3.05) is 4.90 Å². The highest BCUT2D eigenvalue weighted by atomic mass is 16.2. The molecule has 1 aliphatic heterocycles. The Bertz CT molecular complexity index is 574. The molecule has 1 unspecified atom stereocenters. The van der Waals surface area contributed by atoms with Crippen molar-refractivity contribution in [3.05, 3.63) is 11.9 Å². The molecule has 21 heavy (non-hydrogen) atoms. The van der Waals surface area contributed by atoms with Gasteiger partial charge in [0.2, 0.25) is 5.91 Å². The minimum absolute atomic E-state index is 0.0231. The summed E-state index contributed by atoms with van der Waals surface area (Å²) in [5.74, 6) is -0.182. The minimum atomic E-state index is -0.899. The second-order valence-corrected chi connectivity index (χ2v) is 6.47. The number of hydrogen-bond donors (Lipinski definition) is 1. The Kier molecular flexibility index (Phi) is 3.82. The average Bonchev–Trinajstić information content (AvgIpc) is 2.73. The quantitative estimate of drug-likeness (QED) is 0.911. The van der Waals surface area contributed by atoms with Crippen LogP contribution in [0.4, 0.5) is 5.69 Å². The molecular formula is C15H24N4O2. The van der Waals surface area contributed by atoms with Crippen molar-refractivity contribution in [2.24, 2.45) is 13.0 Å². The van der Waals surface area contributed by atoms with Crippen LogP contribution in [0.2, 0.25) is 0 Å². The van der Waals surface area contributed by atoms with Crippen LogP contribution >= 0.6 is 0 Å². The maximum atomic E-state index is 12.9. The lowest BCUT2D eigenvalue weighted by Gasteiger charge is -2.44. The zero-order chi connectivity index (χ0) is 15.9. The summed E-state index contributed by atoms with van der Waals surface area (Å²) in [5, 5.41) is 7.22. The zero-order valence-corrected chi connectivity index (χ0v) is 13.6. The summed E-state index contributed by atoms with van der Waals surface area (Å²) in [4.78, 5) is 26.9. The van der Waals surface area contributed by atoms with Crippen LogP contribution in [0.3, 0.4) is 0 Å². The summed E-state index contributed by atoms with van der Waals surface area (Å²) < 4.78 is 1.69. The molecule has 0 spiro atoms. The van der Waals surface area contributed by atoms with Crippen molar-refractivity contribution in [3.8, 4) is 0 Å². The van der Waals surface area contributed by atoms with Gasteiger partial charge in [0.05, 0.1) is 11.4 Å². The number of carbonyl (C=O) groups is 2. The molecule has 1 aromatic rings. The van der Waals surface area contributed by atoms with E-state index < -0.39 is 11.6 Å². The van der Waals surface area contributed by atoms with E-state index in [0.29, 0.717) is 6.42 Å². The Morgan fingerprint density at radius 3 is 2.52 bits per heavy atom. The number of aromatic nitrogens is 2. The smallest absolute Gasteiger partial charge is 0.253 e. The van der Waals surface area contributed by atoms with E-state index in [1.165, 1.54) is 0 Å². The lowest BCUT2D eigenvalue weighted by atomic mass is 9.91. The molecule has 1 N–H and O–H groups in total. The number of hydrogen-bond acceptors (Lipinski definition) is 3. The van der Waals surface area contributed by atoms with Crippen molar-refractivity contribution in [2.45, 2.75) is 52.6 Å². The predicted molar refractivity (Wildman–Crippen MR) is 80.9 cm³/mol. The largest absolute Gasteiger partial charge is 0.340 e. The monoisotopic (exact) mass is 292 g/mol. The van der Waals surface area contributed by atoms with Crippen molar-refractivity contribution in [1.29, 1.82) is 0 Å². The van der Waals surface area contributed by atoms with E-state index in [2.05, 4.69) is 10.4 Å². The fourth-order valence-corrected chi connectivity index (χ4v) is 2.82. The maximum absolute atomic E-state index is 12.9. The first-order valence-corrected chi connectivity index (χ1v) is 7.37. The van der Waals surface area contributed by atoms with Gasteiger partial charge in [-0.2, -0.15) is 5.10 Å². The summed E-state index contributed by atoms with van der Waals surface area (Å²) in [7, 11) is 1.83. The molecule has 1 atom stereocenters. The molecule has 2 amide bonds. The molecular weight excluding hydrogens is 268 g/mol. The number of rotatable bonds is 3. The first kappa shape index (κ1) is 15.5. The normalized spacial score (nSPS) is 21.9. The lowest BCUT2D eigenvalue weighted by Crippen LogP contribution is -2.69. The Labute approximate surface area is 125 Å². The molecule has 0 saturated carbocycles. The van der Waals surface area contributed by atoms with E-state index >= 15 is 0 Å². The fraction of sp³-hybridized carbons (Fsp3) is 0.667. The van der Waals surface area contributed by atoms with Gasteiger partial charge in [0.25, 0.3) is 5.91 Å². The highest BCUT2D eigenvalue weighted by Crippen LogP contribution is 2.31. The molecule has 2 heterocycles. The molecule has 0 aromatic carbocycles. The van der Waals surface area contributed by atoms with Gasteiger partial charge < -0.3 is 5.32 Å². The van der Waals surface area contributed by atoms with E-state index in [1.54, 1.807) is 23.4 Å². The Hall–Kier alpha value is -1.85. The SMILES string of the molecule is CCc1nn(C)cc1N1C(=O)C(C)(C)NC(=O)C1C(C)C. The van der Waals surface area contributed by atoms with Gasteiger partial charge in [0.15, 0.2) is 0 Å². The first-order chi connectivity index (χ1) is 9.69. The number of nitrogens with zero attached hydrogens (tertiary/aromatic N) is 3. The third-order valence-electron chi connectivity index (χ3n) is 3.85. The van der Waals surface area contributed by atoms with Crippen molar-refractivity contribution in [1.82, 2.24) is 15.1 Å². The summed E-state index contributed by atoms with van der Waals surface area (Å²) >= 11 is 0. The van der Waals surface area contributed by atoms with Crippen LogP contribution in [0.15, 0.2) is 6.20 Å². The van der Waals surface area contributed by atoms with Crippen LogP contribution in [-0.2, 0) is 23.1 Å². The van der Waals surface area contributed by atoms with Crippen LogP contribution < -0.4 is 10.2 Å². The molecule has 0 aliphatic carbocycles. The van der Waals surface area contributed by atoms with E-state index in [0.717, 1.165) is 11.4 Å². The minimum Gasteiger partial charge on any atom is -0.340 e. The first-order valence-electron chi connectivity index (χ1n) is 7.37. The van der Waals surface area contributed by atoms with Crippen LogP contribution in [0.1, 0.15) is 40.3 Å². The molecule has 0 bridgehead atoms. The molecule has 1 aliphatic rings. The third kappa shape index (κ3) is 2.54. The van der Waals surface area contributed by atoms with Gasteiger partial charge in [-0.3, -0.25) is 19.2 Å². The van der Waals surface area contributed by atoms with Gasteiger partial charge in [-0.1, -0.05) is 20.8 Å². The van der Waals surface area contributed by atoms with Crippen LogP contribution in [-0.4, -0.2) is 33.2 Å². The molecule has 1 fully saturated rings. The van der Waals surface area contributed by atoms with Crippen molar-refractivity contribution >= 4 is 17.5 Å². The Morgan fingerprint density at radius 2 is 2.00 bits per heavy atom. The van der Waals surface area contributed by atoms with Crippen LogP contribution in [0.25, 0.3) is 0 Å². The highest BCUT2D eigenvalue weighted by Gasteiger charge is 2.47. The van der Waals surface area contributed by atoms with Crippen molar-refractivity contribution in [3.63, 3.8) is 0 Å². The second kappa shape index (κ2) is 5.16. The number of nitrogens with one attached hydrogen (secondary N) is 1. The van der Waals surface area contributed by atoms with Crippen molar-refractivity contribution < 1.29 is 9.59 Å². The molecule has 2 rings (SSSR count). The zero-order valence-electron chi connectivity index (χ0n) is 13.6. The van der Waals surface area contributed by atoms with Gasteiger partial charge >= 0.3 is 0 Å². The number of carbonyl (C=O) groups excluding carboxylic acids is 2. The fourth-order valence-electron chi connectivity index (χ4n) is 2.82. The number of aryl methyl sites for hydroxylation is 2. The third-order valence-corrected chi connectivity index (χ3v) is 3.85. The topological polar surface area (TPSA) is 67.2 Å². The van der Waals surface area contributed by atoms with E-state index in [9.17, 15) is 9.59 Å². The lowest BCUT2D eigenvalue weighted by molar-refractivity contribution is -0.138. The van der Waals surface area contributed by atoms with Crippen LogP contribution in [0, 0.1) is 5.92 Å². The van der Waals surface area contributed by atoms with Gasteiger partial charge in [-0.25, -0.2) is 0 Å². The van der Waals surface area contributed by atoms with Gasteiger partial charge in [-0.15, -0.1) is 0 Å². The summed E-state index contributed by atoms with van der Waals surface area (Å²) in [6, 6.07) is -0.500. The standard InChI is InChI=1S/C15H24N4O2/c1-7-10-11(8-18(6)17-10)19-12(9(2)3)13(20)16-15(4,5)14(19)21/h8-9,12H,7H2,1-6H3,(H,16,20). The van der Waals surface area contributed by atoms with Gasteiger partial charge in [0.1, 0.15) is 11.6 Å².